The zero-order chi connectivity index (χ0) is 20.6. The van der Waals surface area contributed by atoms with E-state index in [4.69, 9.17) is 4.74 Å². The third kappa shape index (κ3) is 5.41. The molecule has 0 aliphatic carbocycles. The molecule has 0 radical (unpaired) electrons. The van der Waals surface area contributed by atoms with E-state index in [-0.39, 0.29) is 18.0 Å². The number of para-hydroxylation sites is 1. The summed E-state index contributed by atoms with van der Waals surface area (Å²) >= 11 is 0. The SMILES string of the molecule is CCC(=O)N1CCC(NC(=NC)NCC(c2ccccc2OC)N2CCCC2)C1. The average molecular weight is 402 g/mol. The quantitative estimate of drug-likeness (QED) is 0.540. The van der Waals surface area contributed by atoms with E-state index < -0.39 is 0 Å². The smallest absolute Gasteiger partial charge is 0.222 e. The van der Waals surface area contributed by atoms with E-state index in [9.17, 15) is 4.79 Å². The predicted molar refractivity (Wildman–Crippen MR) is 116 cm³/mol. The number of nitrogens with zero attached hydrogens (tertiary/aromatic N) is 3. The average Bonchev–Trinajstić information content (AvgIpc) is 3.45. The molecule has 7 nitrogen and oxygen atoms in total. The number of hydrogen-bond acceptors (Lipinski definition) is 4. The highest BCUT2D eigenvalue weighted by Gasteiger charge is 2.28. The van der Waals surface area contributed by atoms with E-state index in [1.165, 1.54) is 18.4 Å². The molecular formula is C22H35N5O2. The third-order valence-corrected chi connectivity index (χ3v) is 5.95. The molecule has 2 atom stereocenters. The Morgan fingerprint density at radius 2 is 2.03 bits per heavy atom. The number of carbonyl (C=O) groups excluding carboxylic acids is 1. The molecule has 2 N–H and O–H groups in total. The first-order valence-corrected chi connectivity index (χ1v) is 10.8. The van der Waals surface area contributed by atoms with Crippen LogP contribution in [0.3, 0.4) is 0 Å². The van der Waals surface area contributed by atoms with Gasteiger partial charge in [0.15, 0.2) is 5.96 Å². The predicted octanol–water partition coefficient (Wildman–Crippen LogP) is 2.01. The van der Waals surface area contributed by atoms with E-state index in [1.54, 1.807) is 14.2 Å². The van der Waals surface area contributed by atoms with Gasteiger partial charge in [-0.2, -0.15) is 0 Å². The van der Waals surface area contributed by atoms with Gasteiger partial charge in [-0.3, -0.25) is 14.7 Å². The van der Waals surface area contributed by atoms with Crippen molar-refractivity contribution in [3.05, 3.63) is 29.8 Å². The van der Waals surface area contributed by atoms with Crippen molar-refractivity contribution >= 4 is 11.9 Å². The van der Waals surface area contributed by atoms with Crippen molar-refractivity contribution in [2.24, 2.45) is 4.99 Å². The van der Waals surface area contributed by atoms with Crippen LogP contribution in [0, 0.1) is 0 Å². The largest absolute Gasteiger partial charge is 0.496 e. The number of benzene rings is 1. The Labute approximate surface area is 174 Å². The highest BCUT2D eigenvalue weighted by molar-refractivity contribution is 5.80. The van der Waals surface area contributed by atoms with Gasteiger partial charge >= 0.3 is 0 Å². The molecule has 0 spiro atoms. The van der Waals surface area contributed by atoms with Crippen LogP contribution in [0.5, 0.6) is 5.75 Å². The van der Waals surface area contributed by atoms with Crippen molar-refractivity contribution < 1.29 is 9.53 Å². The van der Waals surface area contributed by atoms with Gasteiger partial charge in [0.25, 0.3) is 0 Å². The number of amides is 1. The zero-order valence-corrected chi connectivity index (χ0v) is 18.0. The highest BCUT2D eigenvalue weighted by atomic mass is 16.5. The summed E-state index contributed by atoms with van der Waals surface area (Å²) in [4.78, 5) is 20.8. The molecule has 1 amide bonds. The minimum absolute atomic E-state index is 0.225. The van der Waals surface area contributed by atoms with Crippen LogP contribution < -0.4 is 15.4 Å². The molecule has 1 aromatic carbocycles. The van der Waals surface area contributed by atoms with E-state index >= 15 is 0 Å². The van der Waals surface area contributed by atoms with E-state index in [0.29, 0.717) is 6.42 Å². The van der Waals surface area contributed by atoms with E-state index in [0.717, 1.165) is 50.9 Å². The fraction of sp³-hybridized carbons (Fsp3) is 0.636. The number of ether oxygens (including phenoxy) is 1. The zero-order valence-electron chi connectivity index (χ0n) is 18.0. The Hall–Kier alpha value is -2.28. The minimum atomic E-state index is 0.225. The summed E-state index contributed by atoms with van der Waals surface area (Å²) < 4.78 is 5.63. The fourth-order valence-corrected chi connectivity index (χ4v) is 4.34. The second-order valence-corrected chi connectivity index (χ2v) is 7.78. The minimum Gasteiger partial charge on any atom is -0.496 e. The maximum Gasteiger partial charge on any atom is 0.222 e. The summed E-state index contributed by atoms with van der Waals surface area (Å²) in [6.07, 6.45) is 3.99. The summed E-state index contributed by atoms with van der Waals surface area (Å²) in [5.41, 5.74) is 1.21. The van der Waals surface area contributed by atoms with Crippen molar-refractivity contribution in [2.45, 2.75) is 44.7 Å². The Bertz CT molecular complexity index is 702. The van der Waals surface area contributed by atoms with Crippen LogP contribution in [0.4, 0.5) is 0 Å². The number of likely N-dealkylation sites (tertiary alicyclic amines) is 2. The van der Waals surface area contributed by atoms with Crippen molar-refractivity contribution in [2.75, 3.05) is 46.9 Å². The van der Waals surface area contributed by atoms with Gasteiger partial charge in [-0.05, 0) is 38.4 Å². The molecule has 0 saturated carbocycles. The van der Waals surface area contributed by atoms with Crippen LogP contribution in [-0.4, -0.2) is 74.6 Å². The third-order valence-electron chi connectivity index (χ3n) is 5.95. The van der Waals surface area contributed by atoms with Gasteiger partial charge in [-0.25, -0.2) is 0 Å². The number of methoxy groups -OCH3 is 1. The monoisotopic (exact) mass is 401 g/mol. The van der Waals surface area contributed by atoms with Crippen molar-refractivity contribution in [3.8, 4) is 5.75 Å². The topological polar surface area (TPSA) is 69.2 Å². The normalized spacial score (nSPS) is 21.3. The molecule has 29 heavy (non-hydrogen) atoms. The number of aliphatic imine (C=N–C) groups is 1. The first-order valence-electron chi connectivity index (χ1n) is 10.8. The molecule has 3 rings (SSSR count). The summed E-state index contributed by atoms with van der Waals surface area (Å²) in [7, 11) is 3.53. The van der Waals surface area contributed by atoms with E-state index in [2.05, 4.69) is 32.7 Å². The second kappa shape index (κ2) is 10.5. The maximum absolute atomic E-state index is 11.9. The van der Waals surface area contributed by atoms with Crippen molar-refractivity contribution in [1.29, 1.82) is 0 Å². The molecule has 2 fully saturated rings. The number of carbonyl (C=O) groups is 1. The molecule has 2 unspecified atom stereocenters. The van der Waals surface area contributed by atoms with Gasteiger partial charge < -0.3 is 20.3 Å². The molecule has 1 aromatic rings. The van der Waals surface area contributed by atoms with Gasteiger partial charge in [0, 0.05) is 44.7 Å². The van der Waals surface area contributed by atoms with Gasteiger partial charge in [-0.1, -0.05) is 25.1 Å². The van der Waals surface area contributed by atoms with Gasteiger partial charge in [0.05, 0.1) is 13.2 Å². The summed E-state index contributed by atoms with van der Waals surface area (Å²) in [5, 5.41) is 7.02. The first kappa shape index (κ1) is 21.4. The number of guanidine groups is 1. The molecular weight excluding hydrogens is 366 g/mol. The van der Waals surface area contributed by atoms with Crippen LogP contribution in [0.25, 0.3) is 0 Å². The molecule has 7 heteroatoms. The lowest BCUT2D eigenvalue weighted by molar-refractivity contribution is -0.129. The molecule has 0 aromatic heterocycles. The second-order valence-electron chi connectivity index (χ2n) is 7.78. The number of rotatable bonds is 7. The Balaban J connectivity index is 1.63. The Kier molecular flexibility index (Phi) is 7.75. The lowest BCUT2D eigenvalue weighted by Crippen LogP contribution is -2.47. The molecule has 160 valence electrons. The van der Waals surface area contributed by atoms with Gasteiger partial charge in [-0.15, -0.1) is 0 Å². The summed E-state index contributed by atoms with van der Waals surface area (Å²) in [5.74, 6) is 1.95. The molecule has 2 heterocycles. The number of hydrogen-bond donors (Lipinski definition) is 2. The first-order chi connectivity index (χ1) is 14.2. The van der Waals surface area contributed by atoms with Crippen molar-refractivity contribution in [3.63, 3.8) is 0 Å². The van der Waals surface area contributed by atoms with E-state index in [1.807, 2.05) is 24.0 Å². The van der Waals surface area contributed by atoms with Gasteiger partial charge in [0.2, 0.25) is 5.91 Å². The lowest BCUT2D eigenvalue weighted by Gasteiger charge is -2.30. The maximum atomic E-state index is 11.9. The molecule has 2 saturated heterocycles. The summed E-state index contributed by atoms with van der Waals surface area (Å²) in [6, 6.07) is 8.75. The molecule has 2 aliphatic heterocycles. The Morgan fingerprint density at radius 1 is 1.28 bits per heavy atom. The summed E-state index contributed by atoms with van der Waals surface area (Å²) in [6.45, 7) is 6.44. The lowest BCUT2D eigenvalue weighted by atomic mass is 10.0. The van der Waals surface area contributed by atoms with Crippen LogP contribution in [0.1, 0.15) is 44.2 Å². The standard InChI is InChI=1S/C22H35N5O2/c1-4-21(28)27-14-11-17(16-27)25-22(23-2)24-15-19(26-12-7-8-13-26)18-9-5-6-10-20(18)29-3/h5-6,9-10,17,19H,4,7-8,11-16H2,1-3H3,(H2,23,24,25). The van der Waals surface area contributed by atoms with Crippen LogP contribution in [-0.2, 0) is 4.79 Å². The van der Waals surface area contributed by atoms with Crippen molar-refractivity contribution in [1.82, 2.24) is 20.4 Å². The van der Waals surface area contributed by atoms with Gasteiger partial charge in [0.1, 0.15) is 5.75 Å². The number of nitrogens with one attached hydrogen (secondary N) is 2. The molecule has 2 aliphatic rings. The van der Waals surface area contributed by atoms with Crippen LogP contribution >= 0.6 is 0 Å². The Morgan fingerprint density at radius 3 is 2.72 bits per heavy atom. The highest BCUT2D eigenvalue weighted by Crippen LogP contribution is 2.31. The fourth-order valence-electron chi connectivity index (χ4n) is 4.34. The van der Waals surface area contributed by atoms with Crippen LogP contribution in [0.15, 0.2) is 29.3 Å². The molecule has 0 bridgehead atoms. The van der Waals surface area contributed by atoms with Crippen LogP contribution in [0.2, 0.25) is 0 Å².